The minimum absolute atomic E-state index is 0.0422. The van der Waals surface area contributed by atoms with Crippen LogP contribution in [0.5, 0.6) is 0 Å². The van der Waals surface area contributed by atoms with Crippen molar-refractivity contribution in [2.75, 3.05) is 0 Å². The Labute approximate surface area is 121 Å². The number of hydrogen-bond donors (Lipinski definition) is 1. The lowest BCUT2D eigenvalue weighted by Crippen LogP contribution is -2.29. The lowest BCUT2D eigenvalue weighted by Gasteiger charge is -2.12. The average molecular weight is 286 g/mol. The third-order valence-corrected chi connectivity index (χ3v) is 3.87. The quantitative estimate of drug-likeness (QED) is 0.694. The van der Waals surface area contributed by atoms with Gasteiger partial charge in [0.1, 0.15) is 5.82 Å². The summed E-state index contributed by atoms with van der Waals surface area (Å²) in [5.41, 5.74) is 2.96. The van der Waals surface area contributed by atoms with E-state index in [0.29, 0.717) is 12.1 Å². The maximum atomic E-state index is 13.3. The first kappa shape index (κ1) is 13.7. The van der Waals surface area contributed by atoms with Gasteiger partial charge in [0.25, 0.3) is 5.69 Å². The fourth-order valence-electron chi connectivity index (χ4n) is 2.83. The van der Waals surface area contributed by atoms with Gasteiger partial charge in [-0.2, -0.15) is 0 Å². The highest BCUT2D eigenvalue weighted by Gasteiger charge is 2.22. The third-order valence-electron chi connectivity index (χ3n) is 3.87. The standard InChI is InChI=1S/C16H15FN2O2/c17-14-5-6-16(19(20)21)13(7-14)10-18-15-8-11-3-1-2-4-12(11)9-15/h1-7,15,18H,8-10H2. The summed E-state index contributed by atoms with van der Waals surface area (Å²) in [7, 11) is 0. The Hall–Kier alpha value is -2.27. The SMILES string of the molecule is O=[N+]([O-])c1ccc(F)cc1CNC1Cc2ccccc2C1. The van der Waals surface area contributed by atoms with Gasteiger partial charge in [-0.3, -0.25) is 10.1 Å². The largest absolute Gasteiger partial charge is 0.309 e. The molecule has 0 bridgehead atoms. The molecule has 108 valence electrons. The molecule has 0 amide bonds. The summed E-state index contributed by atoms with van der Waals surface area (Å²) < 4.78 is 13.3. The number of nitrogens with zero attached hydrogens (tertiary/aromatic N) is 1. The Kier molecular flexibility index (Phi) is 3.66. The maximum Gasteiger partial charge on any atom is 0.274 e. The van der Waals surface area contributed by atoms with Crippen LogP contribution in [0.2, 0.25) is 0 Å². The number of nitrogens with one attached hydrogen (secondary N) is 1. The van der Waals surface area contributed by atoms with Crippen LogP contribution in [0.25, 0.3) is 0 Å². The number of nitro groups is 1. The van der Waals surface area contributed by atoms with Crippen LogP contribution >= 0.6 is 0 Å². The van der Waals surface area contributed by atoms with Crippen LogP contribution < -0.4 is 5.32 Å². The molecule has 0 atom stereocenters. The van der Waals surface area contributed by atoms with Gasteiger partial charge in [-0.1, -0.05) is 24.3 Å². The number of rotatable bonds is 4. The van der Waals surface area contributed by atoms with Gasteiger partial charge in [0, 0.05) is 24.2 Å². The van der Waals surface area contributed by atoms with E-state index in [0.717, 1.165) is 18.9 Å². The summed E-state index contributed by atoms with van der Waals surface area (Å²) in [5.74, 6) is -0.452. The molecule has 1 aliphatic rings. The van der Waals surface area contributed by atoms with Crippen molar-refractivity contribution in [1.29, 1.82) is 0 Å². The molecular formula is C16H15FN2O2. The van der Waals surface area contributed by atoms with Crippen molar-refractivity contribution in [2.24, 2.45) is 0 Å². The van der Waals surface area contributed by atoms with Crippen LogP contribution in [-0.2, 0) is 19.4 Å². The van der Waals surface area contributed by atoms with Crippen molar-refractivity contribution in [3.05, 3.63) is 75.1 Å². The predicted octanol–water partition coefficient (Wildman–Crippen LogP) is 2.99. The number of halogens is 1. The van der Waals surface area contributed by atoms with Crippen LogP contribution in [0.15, 0.2) is 42.5 Å². The number of benzene rings is 2. The molecule has 0 saturated heterocycles. The molecule has 0 heterocycles. The van der Waals surface area contributed by atoms with Gasteiger partial charge in [0.05, 0.1) is 4.92 Å². The van der Waals surface area contributed by atoms with Crippen molar-refractivity contribution in [3.8, 4) is 0 Å². The molecule has 0 radical (unpaired) electrons. The van der Waals surface area contributed by atoms with E-state index in [4.69, 9.17) is 0 Å². The lowest BCUT2D eigenvalue weighted by molar-refractivity contribution is -0.385. The van der Waals surface area contributed by atoms with Gasteiger partial charge in [-0.25, -0.2) is 4.39 Å². The first-order chi connectivity index (χ1) is 10.1. The van der Waals surface area contributed by atoms with Crippen LogP contribution in [0, 0.1) is 15.9 Å². The molecule has 5 heteroatoms. The molecule has 2 aromatic carbocycles. The van der Waals surface area contributed by atoms with Crippen molar-refractivity contribution in [1.82, 2.24) is 5.32 Å². The summed E-state index contributed by atoms with van der Waals surface area (Å²) in [5, 5.41) is 14.3. The van der Waals surface area contributed by atoms with Crippen molar-refractivity contribution in [3.63, 3.8) is 0 Å². The number of fused-ring (bicyclic) bond motifs is 1. The van der Waals surface area contributed by atoms with Crippen LogP contribution in [-0.4, -0.2) is 11.0 Å². The molecular weight excluding hydrogens is 271 g/mol. The second kappa shape index (κ2) is 5.61. The molecule has 1 aliphatic carbocycles. The summed E-state index contributed by atoms with van der Waals surface area (Å²) in [6.07, 6.45) is 1.80. The molecule has 0 unspecified atom stereocenters. The minimum Gasteiger partial charge on any atom is -0.309 e. The Bertz CT molecular complexity index is 663. The maximum absolute atomic E-state index is 13.3. The second-order valence-electron chi connectivity index (χ2n) is 5.28. The summed E-state index contributed by atoms with van der Waals surface area (Å²) in [4.78, 5) is 10.5. The zero-order chi connectivity index (χ0) is 14.8. The Morgan fingerprint density at radius 1 is 1.19 bits per heavy atom. The van der Waals surface area contributed by atoms with Crippen molar-refractivity contribution < 1.29 is 9.31 Å². The molecule has 1 N–H and O–H groups in total. The first-order valence-corrected chi connectivity index (χ1v) is 6.86. The summed E-state index contributed by atoms with van der Waals surface area (Å²) in [6, 6.07) is 12.0. The Morgan fingerprint density at radius 2 is 1.86 bits per heavy atom. The number of hydrogen-bond acceptors (Lipinski definition) is 3. The molecule has 0 aromatic heterocycles. The highest BCUT2D eigenvalue weighted by atomic mass is 19.1. The van der Waals surface area contributed by atoms with E-state index in [9.17, 15) is 14.5 Å². The fourth-order valence-corrected chi connectivity index (χ4v) is 2.83. The monoisotopic (exact) mass is 286 g/mol. The van der Waals surface area contributed by atoms with Crippen LogP contribution in [0.3, 0.4) is 0 Å². The van der Waals surface area contributed by atoms with Crippen LogP contribution in [0.4, 0.5) is 10.1 Å². The molecule has 0 spiro atoms. The van der Waals surface area contributed by atoms with Gasteiger partial charge >= 0.3 is 0 Å². The predicted molar refractivity (Wildman–Crippen MR) is 77.5 cm³/mol. The van der Waals surface area contributed by atoms with Gasteiger partial charge < -0.3 is 5.32 Å². The highest BCUT2D eigenvalue weighted by Crippen LogP contribution is 2.23. The third kappa shape index (κ3) is 2.92. The minimum atomic E-state index is -0.472. The van der Waals surface area contributed by atoms with Crippen LogP contribution in [0.1, 0.15) is 16.7 Å². The highest BCUT2D eigenvalue weighted by molar-refractivity contribution is 5.40. The van der Waals surface area contributed by atoms with E-state index in [1.165, 1.54) is 23.3 Å². The lowest BCUT2D eigenvalue weighted by atomic mass is 10.1. The van der Waals surface area contributed by atoms with E-state index < -0.39 is 10.7 Å². The molecule has 3 rings (SSSR count). The summed E-state index contributed by atoms with van der Waals surface area (Å²) in [6.45, 7) is 0.298. The molecule has 21 heavy (non-hydrogen) atoms. The average Bonchev–Trinajstić information content (AvgIpc) is 2.87. The molecule has 0 fully saturated rings. The van der Waals surface area contributed by atoms with Gasteiger partial charge in [0.2, 0.25) is 0 Å². The van der Waals surface area contributed by atoms with E-state index in [-0.39, 0.29) is 11.7 Å². The molecule has 0 aliphatic heterocycles. The molecule has 4 nitrogen and oxygen atoms in total. The van der Waals surface area contributed by atoms with Gasteiger partial charge in [-0.15, -0.1) is 0 Å². The second-order valence-corrected chi connectivity index (χ2v) is 5.28. The van der Waals surface area contributed by atoms with E-state index >= 15 is 0 Å². The Balaban J connectivity index is 1.69. The van der Waals surface area contributed by atoms with Gasteiger partial charge in [0.15, 0.2) is 0 Å². The Morgan fingerprint density at radius 3 is 2.48 bits per heavy atom. The van der Waals surface area contributed by atoms with E-state index in [2.05, 4.69) is 17.4 Å². The fraction of sp³-hybridized carbons (Fsp3) is 0.250. The zero-order valence-corrected chi connectivity index (χ0v) is 11.4. The van der Waals surface area contributed by atoms with Crippen molar-refractivity contribution >= 4 is 5.69 Å². The van der Waals surface area contributed by atoms with E-state index in [1.807, 2.05) is 12.1 Å². The smallest absolute Gasteiger partial charge is 0.274 e. The topological polar surface area (TPSA) is 55.2 Å². The first-order valence-electron chi connectivity index (χ1n) is 6.86. The molecule has 2 aromatic rings. The van der Waals surface area contributed by atoms with E-state index in [1.54, 1.807) is 0 Å². The zero-order valence-electron chi connectivity index (χ0n) is 11.4. The van der Waals surface area contributed by atoms with Crippen molar-refractivity contribution in [2.45, 2.75) is 25.4 Å². The summed E-state index contributed by atoms with van der Waals surface area (Å²) >= 11 is 0. The number of nitro benzene ring substituents is 1. The normalized spacial score (nSPS) is 14.1. The van der Waals surface area contributed by atoms with Gasteiger partial charge in [-0.05, 0) is 36.1 Å². The molecule has 0 saturated carbocycles.